The molecule has 1 N–H and O–H groups in total. The van der Waals surface area contributed by atoms with Crippen LogP contribution in [0, 0.1) is 13.8 Å². The molecule has 0 aliphatic carbocycles. The van der Waals surface area contributed by atoms with Crippen molar-refractivity contribution in [1.82, 2.24) is 5.32 Å². The summed E-state index contributed by atoms with van der Waals surface area (Å²) < 4.78 is 0. The molecule has 2 amide bonds. The van der Waals surface area contributed by atoms with E-state index in [-0.39, 0.29) is 18.4 Å². The Morgan fingerprint density at radius 2 is 1.95 bits per heavy atom. The van der Waals surface area contributed by atoms with Gasteiger partial charge in [-0.1, -0.05) is 24.6 Å². The number of nitrogens with one attached hydrogen (secondary N) is 1. The van der Waals surface area contributed by atoms with Gasteiger partial charge < -0.3 is 10.2 Å². The van der Waals surface area contributed by atoms with Crippen molar-refractivity contribution in [2.24, 2.45) is 0 Å². The van der Waals surface area contributed by atoms with E-state index in [1.807, 2.05) is 39.0 Å². The Bertz CT molecular complexity index is 469. The standard InChI is InChI=1S/C15H22N2O2/c1-5-8-16-15(19)10-17(13(4)18)14-7-6-11(2)9-12(14)3/h6-7,9H,5,8,10H2,1-4H3,(H,16,19). The molecule has 4 heteroatoms. The number of hydrogen-bond donors (Lipinski definition) is 1. The number of benzene rings is 1. The van der Waals surface area contributed by atoms with Crippen molar-refractivity contribution in [1.29, 1.82) is 0 Å². The van der Waals surface area contributed by atoms with Crippen LogP contribution in [-0.2, 0) is 9.59 Å². The number of anilines is 1. The third-order valence-electron chi connectivity index (χ3n) is 2.90. The predicted molar refractivity (Wildman–Crippen MR) is 77.2 cm³/mol. The highest BCUT2D eigenvalue weighted by atomic mass is 16.2. The van der Waals surface area contributed by atoms with Crippen molar-refractivity contribution in [3.63, 3.8) is 0 Å². The van der Waals surface area contributed by atoms with Crippen molar-refractivity contribution in [3.05, 3.63) is 29.3 Å². The summed E-state index contributed by atoms with van der Waals surface area (Å²) in [6.07, 6.45) is 0.884. The quantitative estimate of drug-likeness (QED) is 0.884. The lowest BCUT2D eigenvalue weighted by atomic mass is 10.1. The first-order chi connectivity index (χ1) is 8.95. The maximum absolute atomic E-state index is 11.8. The van der Waals surface area contributed by atoms with Crippen LogP contribution < -0.4 is 10.2 Å². The van der Waals surface area contributed by atoms with E-state index in [4.69, 9.17) is 0 Å². The van der Waals surface area contributed by atoms with E-state index < -0.39 is 0 Å². The second kappa shape index (κ2) is 6.92. The number of carbonyl (C=O) groups excluding carboxylic acids is 2. The van der Waals surface area contributed by atoms with Gasteiger partial charge in [0.15, 0.2) is 0 Å². The van der Waals surface area contributed by atoms with Gasteiger partial charge in [-0.15, -0.1) is 0 Å². The number of amides is 2. The van der Waals surface area contributed by atoms with Crippen molar-refractivity contribution in [2.75, 3.05) is 18.0 Å². The van der Waals surface area contributed by atoms with Crippen LogP contribution in [-0.4, -0.2) is 24.9 Å². The molecule has 0 heterocycles. The molecule has 0 saturated heterocycles. The van der Waals surface area contributed by atoms with Gasteiger partial charge in [-0.25, -0.2) is 0 Å². The molecule has 1 rings (SSSR count). The van der Waals surface area contributed by atoms with E-state index in [9.17, 15) is 9.59 Å². The zero-order chi connectivity index (χ0) is 14.4. The minimum absolute atomic E-state index is 0.0687. The molecule has 0 aliphatic heterocycles. The molecule has 0 atom stereocenters. The summed E-state index contributed by atoms with van der Waals surface area (Å²) in [5.41, 5.74) is 2.93. The summed E-state index contributed by atoms with van der Waals surface area (Å²) >= 11 is 0. The summed E-state index contributed by atoms with van der Waals surface area (Å²) in [5, 5.41) is 2.79. The van der Waals surface area contributed by atoms with Crippen LogP contribution in [0.3, 0.4) is 0 Å². The van der Waals surface area contributed by atoms with Gasteiger partial charge in [0.2, 0.25) is 11.8 Å². The summed E-state index contributed by atoms with van der Waals surface area (Å²) in [6.45, 7) is 8.13. The summed E-state index contributed by atoms with van der Waals surface area (Å²) in [7, 11) is 0. The van der Waals surface area contributed by atoms with Gasteiger partial charge in [-0.05, 0) is 31.9 Å². The Labute approximate surface area is 114 Å². The van der Waals surface area contributed by atoms with E-state index in [0.29, 0.717) is 6.54 Å². The van der Waals surface area contributed by atoms with Crippen LogP contribution in [0.4, 0.5) is 5.69 Å². The lowest BCUT2D eigenvalue weighted by Gasteiger charge is -2.22. The van der Waals surface area contributed by atoms with E-state index in [0.717, 1.165) is 23.2 Å². The fourth-order valence-electron chi connectivity index (χ4n) is 1.94. The van der Waals surface area contributed by atoms with Gasteiger partial charge in [-0.2, -0.15) is 0 Å². The molecule has 0 saturated carbocycles. The Hall–Kier alpha value is -1.84. The van der Waals surface area contributed by atoms with Gasteiger partial charge >= 0.3 is 0 Å². The first-order valence-electron chi connectivity index (χ1n) is 6.57. The van der Waals surface area contributed by atoms with E-state index >= 15 is 0 Å². The number of nitrogens with zero attached hydrogens (tertiary/aromatic N) is 1. The molecule has 0 bridgehead atoms. The van der Waals surface area contributed by atoms with Gasteiger partial charge in [-0.3, -0.25) is 9.59 Å². The van der Waals surface area contributed by atoms with Gasteiger partial charge in [0.1, 0.15) is 6.54 Å². The Morgan fingerprint density at radius 3 is 2.47 bits per heavy atom. The molecule has 0 fully saturated rings. The van der Waals surface area contributed by atoms with Gasteiger partial charge in [0.05, 0.1) is 0 Å². The Morgan fingerprint density at radius 1 is 1.26 bits per heavy atom. The number of aryl methyl sites for hydroxylation is 2. The zero-order valence-corrected chi connectivity index (χ0v) is 12.1. The molecule has 19 heavy (non-hydrogen) atoms. The third-order valence-corrected chi connectivity index (χ3v) is 2.90. The molecular formula is C15H22N2O2. The maximum atomic E-state index is 11.8. The van der Waals surface area contributed by atoms with E-state index in [1.54, 1.807) is 0 Å². The zero-order valence-electron chi connectivity index (χ0n) is 12.1. The van der Waals surface area contributed by atoms with Gasteiger partial charge in [0.25, 0.3) is 0 Å². The number of carbonyl (C=O) groups is 2. The summed E-state index contributed by atoms with van der Waals surface area (Å²) in [5.74, 6) is -0.254. The van der Waals surface area contributed by atoms with Crippen LogP contribution in [0.1, 0.15) is 31.4 Å². The molecule has 0 spiro atoms. The second-order valence-corrected chi connectivity index (χ2v) is 4.75. The van der Waals surface area contributed by atoms with Crippen LogP contribution in [0.2, 0.25) is 0 Å². The highest BCUT2D eigenvalue weighted by Crippen LogP contribution is 2.21. The van der Waals surface area contributed by atoms with Crippen LogP contribution >= 0.6 is 0 Å². The first kappa shape index (κ1) is 15.2. The summed E-state index contributed by atoms with van der Waals surface area (Å²) in [4.78, 5) is 25.0. The monoisotopic (exact) mass is 262 g/mol. The third kappa shape index (κ3) is 4.39. The normalized spacial score (nSPS) is 10.1. The average Bonchev–Trinajstić information content (AvgIpc) is 2.34. The van der Waals surface area contributed by atoms with E-state index in [2.05, 4.69) is 5.32 Å². The van der Waals surface area contributed by atoms with Crippen molar-refractivity contribution >= 4 is 17.5 Å². The highest BCUT2D eigenvalue weighted by Gasteiger charge is 2.17. The summed E-state index contributed by atoms with van der Waals surface area (Å²) in [6, 6.07) is 5.84. The largest absolute Gasteiger partial charge is 0.355 e. The van der Waals surface area contributed by atoms with Crippen molar-refractivity contribution in [3.8, 4) is 0 Å². The molecule has 1 aromatic rings. The van der Waals surface area contributed by atoms with Crippen LogP contribution in [0.25, 0.3) is 0 Å². The van der Waals surface area contributed by atoms with Crippen molar-refractivity contribution < 1.29 is 9.59 Å². The van der Waals surface area contributed by atoms with E-state index in [1.165, 1.54) is 11.8 Å². The Balaban J connectivity index is 2.88. The molecule has 0 aromatic heterocycles. The molecule has 104 valence electrons. The molecular weight excluding hydrogens is 240 g/mol. The fraction of sp³-hybridized carbons (Fsp3) is 0.467. The molecule has 0 aliphatic rings. The lowest BCUT2D eigenvalue weighted by molar-refractivity contribution is -0.123. The molecule has 4 nitrogen and oxygen atoms in total. The lowest BCUT2D eigenvalue weighted by Crippen LogP contribution is -2.40. The molecule has 0 unspecified atom stereocenters. The second-order valence-electron chi connectivity index (χ2n) is 4.75. The molecule has 0 radical (unpaired) electrons. The Kier molecular flexibility index (Phi) is 5.55. The van der Waals surface area contributed by atoms with Crippen LogP contribution in [0.15, 0.2) is 18.2 Å². The smallest absolute Gasteiger partial charge is 0.240 e. The minimum atomic E-state index is -0.128. The number of rotatable bonds is 5. The maximum Gasteiger partial charge on any atom is 0.240 e. The number of hydrogen-bond acceptors (Lipinski definition) is 2. The van der Waals surface area contributed by atoms with Gasteiger partial charge in [0, 0.05) is 19.2 Å². The highest BCUT2D eigenvalue weighted by molar-refractivity contribution is 5.98. The topological polar surface area (TPSA) is 49.4 Å². The first-order valence-corrected chi connectivity index (χ1v) is 6.57. The minimum Gasteiger partial charge on any atom is -0.355 e. The van der Waals surface area contributed by atoms with Crippen molar-refractivity contribution in [2.45, 2.75) is 34.1 Å². The molecule has 1 aromatic carbocycles. The van der Waals surface area contributed by atoms with Crippen LogP contribution in [0.5, 0.6) is 0 Å². The average molecular weight is 262 g/mol. The SMILES string of the molecule is CCCNC(=O)CN(C(C)=O)c1ccc(C)cc1C. The fourth-order valence-corrected chi connectivity index (χ4v) is 1.94. The predicted octanol–water partition coefficient (Wildman–Crippen LogP) is 2.18.